The van der Waals surface area contributed by atoms with Crippen LogP contribution in [0.5, 0.6) is 0 Å². The van der Waals surface area contributed by atoms with Gasteiger partial charge in [0.25, 0.3) is 0 Å². The van der Waals surface area contributed by atoms with Gasteiger partial charge in [-0.15, -0.1) is 10.2 Å². The van der Waals surface area contributed by atoms with E-state index in [2.05, 4.69) is 15.2 Å². The first kappa shape index (κ1) is 5.16. The number of aromatic nitrogens is 4. The topological polar surface area (TPSA) is 69.1 Å². The third-order valence-corrected chi connectivity index (χ3v) is 1.18. The molecular weight excluding hydrogens is 130 g/mol. The van der Waals surface area contributed by atoms with Crippen LogP contribution in [0, 0.1) is 0 Å². The summed E-state index contributed by atoms with van der Waals surface area (Å²) in [7, 11) is 0. The summed E-state index contributed by atoms with van der Waals surface area (Å²) in [5.41, 5.74) is 6.06. The molecule has 0 atom stereocenters. The van der Waals surface area contributed by atoms with Crippen molar-refractivity contribution in [2.24, 2.45) is 0 Å². The van der Waals surface area contributed by atoms with E-state index in [9.17, 15) is 0 Å². The molecule has 0 amide bonds. The normalized spacial score (nSPS) is 10.4. The summed E-state index contributed by atoms with van der Waals surface area (Å²) in [6, 6.07) is 0. The molecule has 2 N–H and O–H groups in total. The van der Waals surface area contributed by atoms with E-state index in [1.165, 1.54) is 0 Å². The van der Waals surface area contributed by atoms with Crippen molar-refractivity contribution < 1.29 is 0 Å². The molecule has 0 fully saturated rings. The van der Waals surface area contributed by atoms with Gasteiger partial charge >= 0.3 is 0 Å². The summed E-state index contributed by atoms with van der Waals surface area (Å²) in [4.78, 5) is 3.85. The molecule has 0 saturated carbocycles. The first-order valence-corrected chi connectivity index (χ1v) is 2.77. The second-order valence-electron chi connectivity index (χ2n) is 1.91. The molecule has 5 heteroatoms. The van der Waals surface area contributed by atoms with Crippen LogP contribution in [0.1, 0.15) is 0 Å². The molecule has 50 valence electrons. The Hall–Kier alpha value is -1.65. The van der Waals surface area contributed by atoms with Gasteiger partial charge in [-0.25, -0.2) is 4.98 Å². The van der Waals surface area contributed by atoms with Crippen LogP contribution < -0.4 is 5.73 Å². The molecule has 0 aliphatic rings. The Balaban J connectivity index is 2.86. The molecule has 0 bridgehead atoms. The molecule has 0 aromatic carbocycles. The van der Waals surface area contributed by atoms with E-state index in [0.29, 0.717) is 11.5 Å². The largest absolute Gasteiger partial charge is 0.381 e. The van der Waals surface area contributed by atoms with E-state index in [-0.39, 0.29) is 0 Å². The smallest absolute Gasteiger partial charge is 0.179 e. The SMILES string of the molecule is Nc1cn2cncc2nn1. The number of imidazole rings is 1. The number of anilines is 1. The number of fused-ring (bicyclic) bond motifs is 1. The molecule has 2 aromatic heterocycles. The van der Waals surface area contributed by atoms with Gasteiger partial charge < -0.3 is 5.73 Å². The molecule has 10 heavy (non-hydrogen) atoms. The summed E-state index contributed by atoms with van der Waals surface area (Å²) in [5, 5.41) is 7.41. The van der Waals surface area contributed by atoms with E-state index in [4.69, 9.17) is 5.73 Å². The van der Waals surface area contributed by atoms with Crippen LogP contribution in [0.3, 0.4) is 0 Å². The summed E-state index contributed by atoms with van der Waals surface area (Å²) in [6.07, 6.45) is 4.90. The molecule has 2 heterocycles. The molecule has 0 unspecified atom stereocenters. The number of nitrogens with two attached hydrogens (primary N) is 1. The minimum atomic E-state index is 0.394. The lowest BCUT2D eigenvalue weighted by molar-refractivity contribution is 0.992. The number of nitrogen functional groups attached to an aromatic ring is 1. The van der Waals surface area contributed by atoms with Crippen molar-refractivity contribution in [3.63, 3.8) is 0 Å². The minimum absolute atomic E-state index is 0.394. The van der Waals surface area contributed by atoms with Crippen LogP contribution in [0.2, 0.25) is 0 Å². The van der Waals surface area contributed by atoms with Gasteiger partial charge in [-0.05, 0) is 0 Å². The molecule has 5 nitrogen and oxygen atoms in total. The number of nitrogens with zero attached hydrogens (tertiary/aromatic N) is 4. The summed E-state index contributed by atoms with van der Waals surface area (Å²) in [5.74, 6) is 0.394. The van der Waals surface area contributed by atoms with Crippen LogP contribution in [0.15, 0.2) is 18.7 Å². The fourth-order valence-electron chi connectivity index (χ4n) is 0.752. The number of rotatable bonds is 0. The maximum Gasteiger partial charge on any atom is 0.179 e. The number of hydrogen-bond donors (Lipinski definition) is 1. The Morgan fingerprint density at radius 3 is 3.20 bits per heavy atom. The van der Waals surface area contributed by atoms with Gasteiger partial charge in [-0.1, -0.05) is 0 Å². The highest BCUT2D eigenvalue weighted by Gasteiger charge is 1.93. The van der Waals surface area contributed by atoms with E-state index >= 15 is 0 Å². The Labute approximate surface area is 56.5 Å². The predicted octanol–water partition coefficient (Wildman–Crippen LogP) is -0.294. The minimum Gasteiger partial charge on any atom is -0.381 e. The fourth-order valence-corrected chi connectivity index (χ4v) is 0.752. The molecule has 2 rings (SSSR count). The van der Waals surface area contributed by atoms with Crippen LogP contribution >= 0.6 is 0 Å². The maximum absolute atomic E-state index is 5.36. The Bertz CT molecular complexity index is 352. The molecular formula is C5H5N5. The number of hydrogen-bond acceptors (Lipinski definition) is 4. The van der Waals surface area contributed by atoms with Crippen molar-refractivity contribution in [2.45, 2.75) is 0 Å². The van der Waals surface area contributed by atoms with Crippen molar-refractivity contribution in [2.75, 3.05) is 5.73 Å². The van der Waals surface area contributed by atoms with Crippen LogP contribution in [-0.4, -0.2) is 19.6 Å². The van der Waals surface area contributed by atoms with Gasteiger partial charge in [0.1, 0.15) is 6.33 Å². The van der Waals surface area contributed by atoms with Crippen molar-refractivity contribution in [3.8, 4) is 0 Å². The molecule has 0 radical (unpaired) electrons. The average molecular weight is 135 g/mol. The van der Waals surface area contributed by atoms with Gasteiger partial charge in [0.05, 0.1) is 12.4 Å². The first-order valence-electron chi connectivity index (χ1n) is 2.77. The quantitative estimate of drug-likeness (QED) is 0.538. The highest BCUT2D eigenvalue weighted by molar-refractivity contribution is 5.36. The van der Waals surface area contributed by atoms with E-state index in [1.807, 2.05) is 0 Å². The highest BCUT2D eigenvalue weighted by Crippen LogP contribution is 1.97. The van der Waals surface area contributed by atoms with Crippen molar-refractivity contribution >= 4 is 11.5 Å². The Morgan fingerprint density at radius 1 is 1.40 bits per heavy atom. The molecule has 2 aromatic rings. The second-order valence-corrected chi connectivity index (χ2v) is 1.91. The van der Waals surface area contributed by atoms with Crippen LogP contribution in [-0.2, 0) is 0 Å². The molecule has 0 aliphatic carbocycles. The summed E-state index contributed by atoms with van der Waals surface area (Å²) >= 11 is 0. The van der Waals surface area contributed by atoms with Gasteiger partial charge in [0.2, 0.25) is 0 Å². The predicted molar refractivity (Wildman–Crippen MR) is 35.2 cm³/mol. The zero-order valence-electron chi connectivity index (χ0n) is 5.10. The standard InChI is InChI=1S/C5H5N5/c6-4-2-10-3-7-1-5(10)9-8-4/h1-3H,6H2. The second kappa shape index (κ2) is 1.66. The van der Waals surface area contributed by atoms with E-state index in [1.54, 1.807) is 23.1 Å². The summed E-state index contributed by atoms with van der Waals surface area (Å²) < 4.78 is 1.71. The molecule has 0 aliphatic heterocycles. The molecule has 0 saturated heterocycles. The van der Waals surface area contributed by atoms with Gasteiger partial charge in [0, 0.05) is 0 Å². The zero-order valence-corrected chi connectivity index (χ0v) is 5.10. The first-order chi connectivity index (χ1) is 4.86. The van der Waals surface area contributed by atoms with E-state index in [0.717, 1.165) is 0 Å². The fraction of sp³-hybridized carbons (Fsp3) is 0. The van der Waals surface area contributed by atoms with Crippen molar-refractivity contribution in [1.82, 2.24) is 19.6 Å². The van der Waals surface area contributed by atoms with E-state index < -0.39 is 0 Å². The monoisotopic (exact) mass is 135 g/mol. The maximum atomic E-state index is 5.36. The van der Waals surface area contributed by atoms with Crippen molar-refractivity contribution in [3.05, 3.63) is 18.7 Å². The van der Waals surface area contributed by atoms with Crippen molar-refractivity contribution in [1.29, 1.82) is 0 Å². The Kier molecular flexibility index (Phi) is 0.858. The van der Waals surface area contributed by atoms with Gasteiger partial charge in [0.15, 0.2) is 11.5 Å². The van der Waals surface area contributed by atoms with Gasteiger partial charge in [-0.3, -0.25) is 4.40 Å². The zero-order chi connectivity index (χ0) is 6.97. The third-order valence-electron chi connectivity index (χ3n) is 1.18. The molecule has 0 spiro atoms. The third kappa shape index (κ3) is 0.604. The summed E-state index contributed by atoms with van der Waals surface area (Å²) in [6.45, 7) is 0. The average Bonchev–Trinajstić information content (AvgIpc) is 2.33. The lowest BCUT2D eigenvalue weighted by Crippen LogP contribution is -1.96. The van der Waals surface area contributed by atoms with Crippen LogP contribution in [0.25, 0.3) is 5.65 Å². The lowest BCUT2D eigenvalue weighted by Gasteiger charge is -1.90. The highest BCUT2D eigenvalue weighted by atomic mass is 15.2. The van der Waals surface area contributed by atoms with Gasteiger partial charge in [-0.2, -0.15) is 0 Å². The lowest BCUT2D eigenvalue weighted by atomic mass is 10.7. The Morgan fingerprint density at radius 2 is 2.30 bits per heavy atom. The van der Waals surface area contributed by atoms with Crippen LogP contribution in [0.4, 0.5) is 5.82 Å².